The number of rotatable bonds is 10. The monoisotopic (exact) mass is 316 g/mol. The minimum absolute atomic E-state index is 0.0372. The largest absolute Gasteiger partial charge is 0.460 e. The fourth-order valence-electron chi connectivity index (χ4n) is 1.28. The highest BCUT2D eigenvalue weighted by atomic mass is 16.7. The first-order valence-corrected chi connectivity index (χ1v) is 7.02. The van der Waals surface area contributed by atoms with Gasteiger partial charge < -0.3 is 24.8 Å². The standard InChI is InChI=1S/C14H24N2O6/c1-5-20-11(4)22-12(17)6-7-15-14(19)16-8-9-21-13(18)10(2)3/h11H,2,5-9H2,1,3-4H3,(H2,15,16,19). The molecule has 0 rings (SSSR count). The van der Waals surface area contributed by atoms with Crippen LogP contribution in [-0.2, 0) is 23.8 Å². The summed E-state index contributed by atoms with van der Waals surface area (Å²) in [6.45, 7) is 9.18. The van der Waals surface area contributed by atoms with Gasteiger partial charge in [0.25, 0.3) is 0 Å². The number of carbonyl (C=O) groups is 3. The Morgan fingerprint density at radius 3 is 2.41 bits per heavy atom. The molecule has 0 saturated heterocycles. The van der Waals surface area contributed by atoms with Crippen LogP contribution in [0.2, 0.25) is 0 Å². The van der Waals surface area contributed by atoms with E-state index in [-0.39, 0.29) is 26.1 Å². The molecule has 0 aliphatic rings. The molecule has 0 fully saturated rings. The molecule has 0 saturated carbocycles. The highest BCUT2D eigenvalue weighted by molar-refractivity contribution is 5.86. The fraction of sp³-hybridized carbons (Fsp3) is 0.643. The fourth-order valence-corrected chi connectivity index (χ4v) is 1.28. The number of esters is 2. The zero-order chi connectivity index (χ0) is 17.0. The third kappa shape index (κ3) is 10.7. The van der Waals surface area contributed by atoms with Crippen LogP contribution in [0.25, 0.3) is 0 Å². The Morgan fingerprint density at radius 2 is 1.82 bits per heavy atom. The first-order valence-electron chi connectivity index (χ1n) is 7.02. The van der Waals surface area contributed by atoms with Crippen molar-refractivity contribution < 1.29 is 28.6 Å². The van der Waals surface area contributed by atoms with Gasteiger partial charge in [0.15, 0.2) is 6.29 Å². The lowest BCUT2D eigenvalue weighted by Crippen LogP contribution is -2.38. The van der Waals surface area contributed by atoms with E-state index in [1.807, 2.05) is 0 Å². The maximum Gasteiger partial charge on any atom is 0.333 e. The van der Waals surface area contributed by atoms with Gasteiger partial charge in [-0.3, -0.25) is 4.79 Å². The van der Waals surface area contributed by atoms with Crippen LogP contribution in [0.3, 0.4) is 0 Å². The van der Waals surface area contributed by atoms with Crippen LogP contribution < -0.4 is 10.6 Å². The summed E-state index contributed by atoms with van der Waals surface area (Å²) in [4.78, 5) is 33.8. The van der Waals surface area contributed by atoms with Gasteiger partial charge in [-0.05, 0) is 20.8 Å². The first kappa shape index (κ1) is 19.9. The predicted molar refractivity (Wildman–Crippen MR) is 79.0 cm³/mol. The molecule has 8 nitrogen and oxygen atoms in total. The molecule has 0 aromatic heterocycles. The van der Waals surface area contributed by atoms with Gasteiger partial charge in [0.05, 0.1) is 13.0 Å². The SMILES string of the molecule is C=C(C)C(=O)OCCNC(=O)NCCC(=O)OC(C)OCC. The highest BCUT2D eigenvalue weighted by Crippen LogP contribution is 1.96. The van der Waals surface area contributed by atoms with Crippen molar-refractivity contribution in [1.82, 2.24) is 10.6 Å². The molecule has 0 spiro atoms. The molecule has 0 aliphatic carbocycles. The topological polar surface area (TPSA) is 103 Å². The summed E-state index contributed by atoms with van der Waals surface area (Å²) in [6, 6.07) is -0.461. The maximum atomic E-state index is 11.4. The van der Waals surface area contributed by atoms with Gasteiger partial charge in [-0.2, -0.15) is 0 Å². The summed E-state index contributed by atoms with van der Waals surface area (Å²) in [5.41, 5.74) is 0.296. The zero-order valence-corrected chi connectivity index (χ0v) is 13.3. The third-order valence-electron chi connectivity index (χ3n) is 2.28. The van der Waals surface area contributed by atoms with Crippen molar-refractivity contribution >= 4 is 18.0 Å². The van der Waals surface area contributed by atoms with Crippen molar-refractivity contribution in [3.8, 4) is 0 Å². The molecule has 0 aliphatic heterocycles. The molecule has 22 heavy (non-hydrogen) atoms. The molecule has 0 heterocycles. The molecular formula is C14H24N2O6. The van der Waals surface area contributed by atoms with Crippen LogP contribution in [-0.4, -0.2) is 50.6 Å². The maximum absolute atomic E-state index is 11.4. The van der Waals surface area contributed by atoms with Gasteiger partial charge >= 0.3 is 18.0 Å². The summed E-state index contributed by atoms with van der Waals surface area (Å²) in [6.07, 6.45) is -0.565. The lowest BCUT2D eigenvalue weighted by atomic mass is 10.4. The number of urea groups is 1. The van der Waals surface area contributed by atoms with Gasteiger partial charge in [0.1, 0.15) is 6.61 Å². The van der Waals surface area contributed by atoms with E-state index in [2.05, 4.69) is 17.2 Å². The highest BCUT2D eigenvalue weighted by Gasteiger charge is 2.09. The number of ether oxygens (including phenoxy) is 3. The van der Waals surface area contributed by atoms with Crippen molar-refractivity contribution in [2.24, 2.45) is 0 Å². The second-order valence-corrected chi connectivity index (χ2v) is 4.36. The van der Waals surface area contributed by atoms with Gasteiger partial charge in [-0.1, -0.05) is 6.58 Å². The second-order valence-electron chi connectivity index (χ2n) is 4.36. The molecule has 0 aromatic carbocycles. The predicted octanol–water partition coefficient (Wildman–Crippen LogP) is 0.721. The van der Waals surface area contributed by atoms with E-state index in [4.69, 9.17) is 14.2 Å². The van der Waals surface area contributed by atoms with E-state index < -0.39 is 24.3 Å². The Kier molecular flexibility index (Phi) is 10.5. The number of carbonyl (C=O) groups excluding carboxylic acids is 3. The van der Waals surface area contributed by atoms with Crippen molar-refractivity contribution in [3.05, 3.63) is 12.2 Å². The van der Waals surface area contributed by atoms with Crippen LogP contribution in [0.4, 0.5) is 4.79 Å². The molecule has 0 radical (unpaired) electrons. The summed E-state index contributed by atoms with van der Waals surface area (Å²) < 4.78 is 14.8. The van der Waals surface area contributed by atoms with E-state index in [0.29, 0.717) is 12.2 Å². The summed E-state index contributed by atoms with van der Waals surface area (Å²) in [7, 11) is 0. The molecule has 8 heteroatoms. The smallest absolute Gasteiger partial charge is 0.333 e. The number of amides is 2. The Morgan fingerprint density at radius 1 is 1.18 bits per heavy atom. The average molecular weight is 316 g/mol. The minimum atomic E-state index is -0.602. The Hall–Kier alpha value is -2.09. The van der Waals surface area contributed by atoms with E-state index in [1.54, 1.807) is 13.8 Å². The molecule has 1 unspecified atom stereocenters. The van der Waals surface area contributed by atoms with Crippen molar-refractivity contribution in [2.45, 2.75) is 33.5 Å². The van der Waals surface area contributed by atoms with Gasteiger partial charge in [-0.15, -0.1) is 0 Å². The first-order chi connectivity index (χ1) is 10.4. The lowest BCUT2D eigenvalue weighted by molar-refractivity contribution is -0.173. The van der Waals surface area contributed by atoms with Crippen molar-refractivity contribution in [3.63, 3.8) is 0 Å². The summed E-state index contributed by atoms with van der Waals surface area (Å²) >= 11 is 0. The molecule has 126 valence electrons. The van der Waals surface area contributed by atoms with Crippen LogP contribution in [0.1, 0.15) is 27.2 Å². The quantitative estimate of drug-likeness (QED) is 0.266. The number of hydrogen-bond donors (Lipinski definition) is 2. The van der Waals surface area contributed by atoms with Gasteiger partial charge in [0.2, 0.25) is 0 Å². The van der Waals surface area contributed by atoms with Crippen molar-refractivity contribution in [1.29, 1.82) is 0 Å². The van der Waals surface area contributed by atoms with E-state index >= 15 is 0 Å². The lowest BCUT2D eigenvalue weighted by Gasteiger charge is -2.13. The second kappa shape index (κ2) is 11.6. The zero-order valence-electron chi connectivity index (χ0n) is 13.3. The number of nitrogens with one attached hydrogen (secondary N) is 2. The van der Waals surface area contributed by atoms with Gasteiger partial charge in [-0.25, -0.2) is 9.59 Å². The Labute approximate surface area is 130 Å². The molecule has 0 aromatic rings. The van der Waals surface area contributed by atoms with Crippen LogP contribution in [0, 0.1) is 0 Å². The minimum Gasteiger partial charge on any atom is -0.460 e. The van der Waals surface area contributed by atoms with E-state index in [9.17, 15) is 14.4 Å². The summed E-state index contributed by atoms with van der Waals surface area (Å²) in [5, 5.41) is 4.96. The third-order valence-corrected chi connectivity index (χ3v) is 2.28. The normalized spacial score (nSPS) is 11.2. The van der Waals surface area contributed by atoms with E-state index in [1.165, 1.54) is 6.92 Å². The molecule has 2 amide bonds. The average Bonchev–Trinajstić information content (AvgIpc) is 2.43. The van der Waals surface area contributed by atoms with Gasteiger partial charge in [0, 0.05) is 18.7 Å². The Bertz CT molecular complexity index is 397. The van der Waals surface area contributed by atoms with Crippen LogP contribution in [0.5, 0.6) is 0 Å². The van der Waals surface area contributed by atoms with E-state index in [0.717, 1.165) is 0 Å². The molecular weight excluding hydrogens is 292 g/mol. The van der Waals surface area contributed by atoms with Crippen molar-refractivity contribution in [2.75, 3.05) is 26.3 Å². The van der Waals surface area contributed by atoms with Crippen LogP contribution in [0.15, 0.2) is 12.2 Å². The Balaban J connectivity index is 3.63. The summed E-state index contributed by atoms with van der Waals surface area (Å²) in [5.74, 6) is -0.968. The number of hydrogen-bond acceptors (Lipinski definition) is 6. The molecule has 0 bridgehead atoms. The molecule has 2 N–H and O–H groups in total. The van der Waals surface area contributed by atoms with Crippen LogP contribution >= 0.6 is 0 Å². The molecule has 1 atom stereocenters.